The molecule has 0 spiro atoms. The number of amides is 2. The summed E-state index contributed by atoms with van der Waals surface area (Å²) in [6.45, 7) is 0.511. The Morgan fingerprint density at radius 2 is 1.85 bits per heavy atom. The number of halogens is 2. The minimum absolute atomic E-state index is 0.0175. The minimum atomic E-state index is -4.62. The number of aromatic nitrogens is 1. The number of fused-ring (bicyclic) bond motifs is 1. The fourth-order valence-corrected chi connectivity index (χ4v) is 4.14. The predicted molar refractivity (Wildman–Crippen MR) is 138 cm³/mol. The molecule has 0 unspecified atom stereocenters. The van der Waals surface area contributed by atoms with Crippen LogP contribution in [0.15, 0.2) is 54.7 Å². The summed E-state index contributed by atoms with van der Waals surface area (Å²) in [7, 11) is -4.62. The van der Waals surface area contributed by atoms with E-state index in [4.69, 9.17) is 14.5 Å². The highest BCUT2D eigenvalue weighted by Crippen LogP contribution is 2.35. The number of pyridine rings is 1. The van der Waals surface area contributed by atoms with Crippen LogP contribution in [0, 0.1) is 11.6 Å². The van der Waals surface area contributed by atoms with Crippen molar-refractivity contribution in [2.24, 2.45) is 0 Å². The highest BCUT2D eigenvalue weighted by atomic mass is 31.2. The molecule has 1 atom stereocenters. The molecule has 0 saturated heterocycles. The molecule has 3 aromatic rings. The van der Waals surface area contributed by atoms with Crippen molar-refractivity contribution in [3.05, 3.63) is 71.9 Å². The number of ether oxygens (including phenoxy) is 1. The number of nitrogens with one attached hydrogen (secondary N) is 2. The maximum Gasteiger partial charge on any atom is 0.469 e. The quantitative estimate of drug-likeness (QED) is 0.135. The lowest BCUT2D eigenvalue weighted by atomic mass is 10.1. The second-order valence-corrected chi connectivity index (χ2v) is 9.79. The molecule has 0 saturated carbocycles. The Morgan fingerprint density at radius 3 is 2.56 bits per heavy atom. The van der Waals surface area contributed by atoms with E-state index >= 15 is 0 Å². The van der Waals surface area contributed by atoms with Gasteiger partial charge in [-0.1, -0.05) is 36.4 Å². The average molecular weight is 566 g/mol. The predicted octanol–water partition coefficient (Wildman–Crippen LogP) is 4.26. The third-order valence-corrected chi connectivity index (χ3v) is 6.15. The number of benzene rings is 2. The number of phosphoric ester groups is 1. The molecule has 0 bridgehead atoms. The van der Waals surface area contributed by atoms with Gasteiger partial charge in [0.15, 0.2) is 11.6 Å². The van der Waals surface area contributed by atoms with Crippen LogP contribution in [0.4, 0.5) is 19.4 Å². The molecule has 0 fully saturated rings. The standard InChI is InChI=1S/C25H29F2N4O7P/c1-17(32)31(29-15-20-9-6-11-22(26)24(20)27)21(10-4-5-12-38-39(34,35)36)16-37-25(33)30-23-13-18-7-2-3-8-19(18)14-28-23/h2-3,6-9,11,13-14,21,29H,4-5,10,12,15-16H2,1H3,(H,28,30,33)(H2,34,35,36)/t21-/m1/s1. The molecular weight excluding hydrogens is 537 g/mol. The second kappa shape index (κ2) is 14.1. The summed E-state index contributed by atoms with van der Waals surface area (Å²) >= 11 is 0. The molecule has 1 aromatic heterocycles. The van der Waals surface area contributed by atoms with E-state index in [1.165, 1.54) is 19.1 Å². The van der Waals surface area contributed by atoms with Crippen molar-refractivity contribution >= 4 is 36.4 Å². The third-order valence-electron chi connectivity index (χ3n) is 5.63. The van der Waals surface area contributed by atoms with E-state index < -0.39 is 37.5 Å². The van der Waals surface area contributed by atoms with Crippen molar-refractivity contribution in [2.75, 3.05) is 18.5 Å². The van der Waals surface area contributed by atoms with Gasteiger partial charge in [-0.2, -0.15) is 0 Å². The van der Waals surface area contributed by atoms with Crippen LogP contribution in [0.3, 0.4) is 0 Å². The van der Waals surface area contributed by atoms with Crippen LogP contribution in [0.25, 0.3) is 10.8 Å². The number of carbonyl (C=O) groups excluding carboxylic acids is 2. The van der Waals surface area contributed by atoms with Crippen LogP contribution in [0.1, 0.15) is 31.7 Å². The van der Waals surface area contributed by atoms with Gasteiger partial charge in [0.1, 0.15) is 12.4 Å². The van der Waals surface area contributed by atoms with Crippen molar-refractivity contribution in [3.8, 4) is 0 Å². The maximum absolute atomic E-state index is 14.1. The summed E-state index contributed by atoms with van der Waals surface area (Å²) in [4.78, 5) is 46.8. The topological polar surface area (TPSA) is 150 Å². The highest BCUT2D eigenvalue weighted by Gasteiger charge is 2.24. The summed E-state index contributed by atoms with van der Waals surface area (Å²) in [5.41, 5.74) is 2.74. The summed E-state index contributed by atoms with van der Waals surface area (Å²) in [5.74, 6) is -2.32. The van der Waals surface area contributed by atoms with Crippen molar-refractivity contribution in [1.29, 1.82) is 0 Å². The summed E-state index contributed by atoms with van der Waals surface area (Å²) in [6.07, 6.45) is 1.57. The van der Waals surface area contributed by atoms with Crippen molar-refractivity contribution in [2.45, 2.75) is 38.8 Å². The molecule has 210 valence electrons. The monoisotopic (exact) mass is 566 g/mol. The van der Waals surface area contributed by atoms with Crippen LogP contribution in [-0.4, -0.2) is 51.0 Å². The smallest absolute Gasteiger partial charge is 0.447 e. The van der Waals surface area contributed by atoms with E-state index in [2.05, 4.69) is 20.3 Å². The summed E-state index contributed by atoms with van der Waals surface area (Å²) in [5, 5.41) is 5.42. The van der Waals surface area contributed by atoms with E-state index in [-0.39, 0.29) is 44.0 Å². The molecule has 0 aliphatic heterocycles. The van der Waals surface area contributed by atoms with Gasteiger partial charge in [0, 0.05) is 30.6 Å². The Balaban J connectivity index is 1.65. The lowest BCUT2D eigenvalue weighted by Gasteiger charge is -2.31. The molecule has 14 heteroatoms. The second-order valence-electron chi connectivity index (χ2n) is 8.55. The zero-order valence-electron chi connectivity index (χ0n) is 21.0. The normalized spacial score (nSPS) is 12.2. The molecule has 0 aliphatic rings. The molecule has 3 rings (SSSR count). The average Bonchev–Trinajstić information content (AvgIpc) is 2.88. The highest BCUT2D eigenvalue weighted by molar-refractivity contribution is 7.46. The van der Waals surface area contributed by atoms with Gasteiger partial charge in [-0.05, 0) is 36.8 Å². The first-order chi connectivity index (χ1) is 18.5. The number of carbonyl (C=O) groups is 2. The van der Waals surface area contributed by atoms with Gasteiger partial charge in [-0.15, -0.1) is 0 Å². The van der Waals surface area contributed by atoms with E-state index in [1.807, 2.05) is 24.3 Å². The molecule has 0 radical (unpaired) electrons. The number of anilines is 1. The first kappa shape index (κ1) is 30.1. The van der Waals surface area contributed by atoms with Gasteiger partial charge in [-0.25, -0.2) is 28.6 Å². The van der Waals surface area contributed by atoms with Crippen LogP contribution in [-0.2, 0) is 25.2 Å². The van der Waals surface area contributed by atoms with Crippen LogP contribution in [0.2, 0.25) is 0 Å². The Bertz CT molecular complexity index is 1340. The first-order valence-corrected chi connectivity index (χ1v) is 13.5. The fraction of sp³-hybridized carbons (Fsp3) is 0.320. The molecule has 4 N–H and O–H groups in total. The zero-order valence-corrected chi connectivity index (χ0v) is 21.9. The lowest BCUT2D eigenvalue weighted by Crippen LogP contribution is -2.50. The SMILES string of the molecule is CC(=O)N(NCc1cccc(F)c1F)[C@H](CCCCOP(=O)(O)O)COC(=O)Nc1cc2ccccc2cn1. The van der Waals surface area contributed by atoms with Gasteiger partial charge >= 0.3 is 13.9 Å². The Hall–Kier alpha value is -3.48. The number of rotatable bonds is 13. The van der Waals surface area contributed by atoms with Crippen LogP contribution >= 0.6 is 7.82 Å². The third kappa shape index (κ3) is 9.65. The molecule has 39 heavy (non-hydrogen) atoms. The Kier molecular flexibility index (Phi) is 10.8. The molecule has 0 aliphatic carbocycles. The summed E-state index contributed by atoms with van der Waals surface area (Å²) < 4.78 is 48.4. The Morgan fingerprint density at radius 1 is 1.10 bits per heavy atom. The Labute approximate surface area is 223 Å². The van der Waals surface area contributed by atoms with Gasteiger partial charge in [-0.3, -0.25) is 19.6 Å². The van der Waals surface area contributed by atoms with E-state index in [9.17, 15) is 22.9 Å². The number of hydrogen-bond donors (Lipinski definition) is 4. The molecule has 11 nitrogen and oxygen atoms in total. The number of phosphoric acid groups is 1. The van der Waals surface area contributed by atoms with Crippen LogP contribution in [0.5, 0.6) is 0 Å². The van der Waals surface area contributed by atoms with Gasteiger partial charge in [0.05, 0.1) is 12.6 Å². The fourth-order valence-electron chi connectivity index (χ4n) is 3.77. The maximum atomic E-state index is 14.1. The van der Waals surface area contributed by atoms with Crippen molar-refractivity contribution in [1.82, 2.24) is 15.4 Å². The molecular formula is C25H29F2N4O7P. The first-order valence-electron chi connectivity index (χ1n) is 12.0. The van der Waals surface area contributed by atoms with Crippen molar-refractivity contribution < 1.29 is 42.0 Å². The molecule has 2 aromatic carbocycles. The largest absolute Gasteiger partial charge is 0.469 e. The molecule has 1 heterocycles. The van der Waals surface area contributed by atoms with Crippen molar-refractivity contribution in [3.63, 3.8) is 0 Å². The van der Waals surface area contributed by atoms with Gasteiger partial charge in [0.25, 0.3) is 0 Å². The van der Waals surface area contributed by atoms with Gasteiger partial charge in [0.2, 0.25) is 5.91 Å². The lowest BCUT2D eigenvalue weighted by molar-refractivity contribution is -0.136. The van der Waals surface area contributed by atoms with E-state index in [1.54, 1.807) is 12.3 Å². The minimum Gasteiger partial charge on any atom is -0.447 e. The number of hydrazine groups is 1. The molecule has 2 amide bonds. The van der Waals surface area contributed by atoms with E-state index in [0.717, 1.165) is 21.8 Å². The number of hydrogen-bond acceptors (Lipinski definition) is 7. The summed E-state index contributed by atoms with van der Waals surface area (Å²) in [6, 6.07) is 12.0. The number of unbranched alkanes of at least 4 members (excludes halogenated alkanes) is 1. The van der Waals surface area contributed by atoms with Crippen LogP contribution < -0.4 is 10.7 Å². The number of nitrogens with zero attached hydrogens (tertiary/aromatic N) is 2. The van der Waals surface area contributed by atoms with Gasteiger partial charge < -0.3 is 14.5 Å². The zero-order chi connectivity index (χ0) is 28.4. The van der Waals surface area contributed by atoms with E-state index in [0.29, 0.717) is 6.42 Å².